The fourth-order valence-electron chi connectivity index (χ4n) is 2.57. The standard InChI is InChI=1S/C20H18N2O5S/c21-19(23)13-27-20(24)16-7-5-14(6-8-16)12-22-28(25,26)18-10-9-15-3-1-2-4-17(15)11-18/h1-11,22H,12-13H2,(H2,21,23). The van der Waals surface area contributed by atoms with Crippen LogP contribution < -0.4 is 10.5 Å². The number of rotatable bonds is 7. The minimum atomic E-state index is -3.69. The van der Waals surface area contributed by atoms with Crippen molar-refractivity contribution in [2.24, 2.45) is 5.73 Å². The first kappa shape index (κ1) is 19.5. The number of fused-ring (bicyclic) bond motifs is 1. The molecule has 0 heterocycles. The third-order valence-electron chi connectivity index (χ3n) is 4.03. The van der Waals surface area contributed by atoms with Crippen molar-refractivity contribution in [3.63, 3.8) is 0 Å². The van der Waals surface area contributed by atoms with E-state index in [2.05, 4.69) is 4.72 Å². The van der Waals surface area contributed by atoms with Crippen LogP contribution in [0.3, 0.4) is 0 Å². The van der Waals surface area contributed by atoms with E-state index in [0.717, 1.165) is 10.8 Å². The molecule has 0 aliphatic rings. The molecule has 3 N–H and O–H groups in total. The van der Waals surface area contributed by atoms with Crippen molar-refractivity contribution >= 4 is 32.7 Å². The number of hydrogen-bond donors (Lipinski definition) is 2. The number of benzene rings is 3. The quantitative estimate of drug-likeness (QED) is 0.590. The first-order valence-electron chi connectivity index (χ1n) is 8.38. The Morgan fingerprint density at radius 1 is 0.929 bits per heavy atom. The van der Waals surface area contributed by atoms with E-state index in [1.807, 2.05) is 24.3 Å². The van der Waals surface area contributed by atoms with E-state index in [1.54, 1.807) is 30.3 Å². The Bertz CT molecular complexity index is 1120. The maximum absolute atomic E-state index is 12.5. The zero-order valence-corrected chi connectivity index (χ0v) is 15.6. The Hall–Kier alpha value is -3.23. The van der Waals surface area contributed by atoms with Crippen molar-refractivity contribution in [2.45, 2.75) is 11.4 Å². The van der Waals surface area contributed by atoms with E-state index in [0.29, 0.717) is 5.56 Å². The predicted molar refractivity (Wildman–Crippen MR) is 104 cm³/mol. The van der Waals surface area contributed by atoms with E-state index in [4.69, 9.17) is 10.5 Å². The van der Waals surface area contributed by atoms with Crippen LogP contribution in [-0.4, -0.2) is 26.9 Å². The van der Waals surface area contributed by atoms with Gasteiger partial charge in [-0.05, 0) is 40.6 Å². The van der Waals surface area contributed by atoms with Gasteiger partial charge in [-0.3, -0.25) is 4.79 Å². The van der Waals surface area contributed by atoms with Gasteiger partial charge in [-0.2, -0.15) is 0 Å². The van der Waals surface area contributed by atoms with Gasteiger partial charge in [-0.15, -0.1) is 0 Å². The number of primary amides is 1. The molecule has 3 rings (SSSR count). The normalized spacial score (nSPS) is 11.3. The fourth-order valence-corrected chi connectivity index (χ4v) is 3.63. The lowest BCUT2D eigenvalue weighted by atomic mass is 10.1. The monoisotopic (exact) mass is 398 g/mol. The van der Waals surface area contributed by atoms with Crippen molar-refractivity contribution in [3.05, 3.63) is 77.9 Å². The molecule has 0 unspecified atom stereocenters. The number of hydrogen-bond acceptors (Lipinski definition) is 5. The van der Waals surface area contributed by atoms with Crippen molar-refractivity contribution in [2.75, 3.05) is 6.61 Å². The van der Waals surface area contributed by atoms with Gasteiger partial charge >= 0.3 is 5.97 Å². The van der Waals surface area contributed by atoms with Crippen LogP contribution >= 0.6 is 0 Å². The summed E-state index contributed by atoms with van der Waals surface area (Å²) in [5.41, 5.74) is 5.82. The molecule has 28 heavy (non-hydrogen) atoms. The van der Waals surface area contributed by atoms with E-state index < -0.39 is 28.5 Å². The van der Waals surface area contributed by atoms with Gasteiger partial charge in [-0.25, -0.2) is 17.9 Å². The van der Waals surface area contributed by atoms with Gasteiger partial charge in [0, 0.05) is 6.54 Å². The lowest BCUT2D eigenvalue weighted by Crippen LogP contribution is -2.23. The molecule has 0 radical (unpaired) electrons. The molecule has 144 valence electrons. The zero-order valence-electron chi connectivity index (χ0n) is 14.8. The number of esters is 1. The Balaban J connectivity index is 1.66. The number of sulfonamides is 1. The van der Waals surface area contributed by atoms with Crippen molar-refractivity contribution in [3.8, 4) is 0 Å². The largest absolute Gasteiger partial charge is 0.452 e. The average Bonchev–Trinajstić information content (AvgIpc) is 2.70. The number of carbonyl (C=O) groups excluding carboxylic acids is 2. The van der Waals surface area contributed by atoms with E-state index in [9.17, 15) is 18.0 Å². The highest BCUT2D eigenvalue weighted by Gasteiger charge is 2.14. The molecule has 0 saturated heterocycles. The van der Waals surface area contributed by atoms with E-state index >= 15 is 0 Å². The Kier molecular flexibility index (Phi) is 5.72. The molecule has 1 amide bonds. The molecule has 0 aliphatic carbocycles. The topological polar surface area (TPSA) is 116 Å². The van der Waals surface area contributed by atoms with Crippen molar-refractivity contribution in [1.29, 1.82) is 0 Å². The Morgan fingerprint density at radius 2 is 1.61 bits per heavy atom. The molecular formula is C20H18N2O5S. The SMILES string of the molecule is NC(=O)COC(=O)c1ccc(CNS(=O)(=O)c2ccc3ccccc3c2)cc1. The molecule has 0 spiro atoms. The highest BCUT2D eigenvalue weighted by molar-refractivity contribution is 7.89. The summed E-state index contributed by atoms with van der Waals surface area (Å²) in [6.45, 7) is -0.433. The Morgan fingerprint density at radius 3 is 2.29 bits per heavy atom. The summed E-state index contributed by atoms with van der Waals surface area (Å²) in [4.78, 5) is 22.5. The van der Waals surface area contributed by atoms with Crippen LogP contribution in [0.1, 0.15) is 15.9 Å². The van der Waals surface area contributed by atoms with Crippen LogP contribution in [0.25, 0.3) is 10.8 Å². The summed E-state index contributed by atoms with van der Waals surface area (Å²) in [5, 5.41) is 1.80. The Labute approximate surface area is 162 Å². The molecule has 0 aliphatic heterocycles. The molecule has 3 aromatic carbocycles. The second-order valence-corrected chi connectivity index (χ2v) is 7.84. The first-order valence-corrected chi connectivity index (χ1v) is 9.86. The lowest BCUT2D eigenvalue weighted by molar-refractivity contribution is -0.121. The highest BCUT2D eigenvalue weighted by atomic mass is 32.2. The third kappa shape index (κ3) is 4.73. The van der Waals surface area contributed by atoms with Gasteiger partial charge in [-0.1, -0.05) is 42.5 Å². The third-order valence-corrected chi connectivity index (χ3v) is 5.43. The average molecular weight is 398 g/mol. The van der Waals surface area contributed by atoms with Crippen LogP contribution in [0.5, 0.6) is 0 Å². The van der Waals surface area contributed by atoms with Crippen LogP contribution in [0, 0.1) is 0 Å². The molecule has 0 atom stereocenters. The molecule has 0 saturated carbocycles. The minimum Gasteiger partial charge on any atom is -0.452 e. The van der Waals surface area contributed by atoms with Crippen LogP contribution in [0.2, 0.25) is 0 Å². The summed E-state index contributed by atoms with van der Waals surface area (Å²) in [6.07, 6.45) is 0. The molecular weight excluding hydrogens is 380 g/mol. The lowest BCUT2D eigenvalue weighted by Gasteiger charge is -2.09. The maximum Gasteiger partial charge on any atom is 0.338 e. The van der Waals surface area contributed by atoms with E-state index in [1.165, 1.54) is 12.1 Å². The number of ether oxygens (including phenoxy) is 1. The summed E-state index contributed by atoms with van der Waals surface area (Å²) in [5.74, 6) is -1.42. The fraction of sp³-hybridized carbons (Fsp3) is 0.100. The number of amides is 1. The number of nitrogens with two attached hydrogens (primary N) is 1. The summed E-state index contributed by atoms with van der Waals surface area (Å²) < 4.78 is 32.3. The summed E-state index contributed by atoms with van der Waals surface area (Å²) >= 11 is 0. The van der Waals surface area contributed by atoms with Crippen LogP contribution in [0.15, 0.2) is 71.6 Å². The molecule has 0 aromatic heterocycles. The van der Waals surface area contributed by atoms with Gasteiger partial charge in [0.05, 0.1) is 10.5 Å². The number of nitrogens with one attached hydrogen (secondary N) is 1. The van der Waals surface area contributed by atoms with Crippen molar-refractivity contribution in [1.82, 2.24) is 4.72 Å². The summed E-state index contributed by atoms with van der Waals surface area (Å²) in [7, 11) is -3.69. The molecule has 0 bridgehead atoms. The number of carbonyl (C=O) groups is 2. The first-order chi connectivity index (χ1) is 13.3. The van der Waals surface area contributed by atoms with Crippen LogP contribution in [0.4, 0.5) is 0 Å². The zero-order chi connectivity index (χ0) is 20.1. The van der Waals surface area contributed by atoms with Crippen molar-refractivity contribution < 1.29 is 22.7 Å². The maximum atomic E-state index is 12.5. The van der Waals surface area contributed by atoms with Gasteiger partial charge in [0.25, 0.3) is 5.91 Å². The van der Waals surface area contributed by atoms with Gasteiger partial charge in [0.1, 0.15) is 0 Å². The van der Waals surface area contributed by atoms with Gasteiger partial charge in [0.15, 0.2) is 6.61 Å². The molecule has 3 aromatic rings. The minimum absolute atomic E-state index is 0.0613. The van der Waals surface area contributed by atoms with Crippen LogP contribution in [-0.2, 0) is 26.1 Å². The molecule has 7 nitrogen and oxygen atoms in total. The molecule has 8 heteroatoms. The van der Waals surface area contributed by atoms with Gasteiger partial charge in [0.2, 0.25) is 10.0 Å². The summed E-state index contributed by atoms with van der Waals surface area (Å²) in [6, 6.07) is 18.6. The van der Waals surface area contributed by atoms with Gasteiger partial charge < -0.3 is 10.5 Å². The highest BCUT2D eigenvalue weighted by Crippen LogP contribution is 2.19. The second-order valence-electron chi connectivity index (χ2n) is 6.07. The predicted octanol–water partition coefficient (Wildman–Crippen LogP) is 1.96. The smallest absolute Gasteiger partial charge is 0.338 e. The second kappa shape index (κ2) is 8.20. The molecule has 0 fully saturated rings. The van der Waals surface area contributed by atoms with E-state index in [-0.39, 0.29) is 17.0 Å².